The normalized spacial score (nSPS) is 21.2. The Bertz CT molecular complexity index is 496. The number of para-hydroxylation sites is 1. The van der Waals surface area contributed by atoms with Gasteiger partial charge >= 0.3 is 0 Å². The van der Waals surface area contributed by atoms with Crippen LogP contribution in [0.5, 0.6) is 0 Å². The molecule has 0 aliphatic carbocycles. The van der Waals surface area contributed by atoms with E-state index in [0.29, 0.717) is 13.2 Å². The van der Waals surface area contributed by atoms with Gasteiger partial charge in [0.1, 0.15) is 0 Å². The van der Waals surface area contributed by atoms with Gasteiger partial charge in [-0.15, -0.1) is 0 Å². The first-order chi connectivity index (χ1) is 10.3. The summed E-state index contributed by atoms with van der Waals surface area (Å²) in [5, 5.41) is 6.56. The number of amides is 1. The van der Waals surface area contributed by atoms with Crippen molar-refractivity contribution in [2.24, 2.45) is 5.92 Å². The number of hydrogen-bond acceptors (Lipinski definition) is 3. The predicted molar refractivity (Wildman–Crippen MR) is 83.5 cm³/mol. The Morgan fingerprint density at radius 1 is 1.38 bits per heavy atom. The van der Waals surface area contributed by atoms with Crippen LogP contribution in [0.1, 0.15) is 30.4 Å². The summed E-state index contributed by atoms with van der Waals surface area (Å²) >= 11 is 0. The molecule has 2 heterocycles. The molecule has 21 heavy (non-hydrogen) atoms. The Morgan fingerprint density at radius 2 is 2.33 bits per heavy atom. The van der Waals surface area contributed by atoms with E-state index in [-0.39, 0.29) is 11.8 Å². The first-order valence-corrected chi connectivity index (χ1v) is 8.04. The van der Waals surface area contributed by atoms with Gasteiger partial charge in [-0.2, -0.15) is 0 Å². The lowest BCUT2D eigenvalue weighted by molar-refractivity contribution is -0.128. The largest absolute Gasteiger partial charge is 0.385 e. The number of fused-ring (bicyclic) bond motifs is 1. The van der Waals surface area contributed by atoms with Gasteiger partial charge in [-0.05, 0) is 43.2 Å². The molecule has 1 fully saturated rings. The number of carbonyl (C=O) groups excluding carboxylic acids is 1. The summed E-state index contributed by atoms with van der Waals surface area (Å²) in [5.74, 6) is 0.189. The maximum atomic E-state index is 12.1. The second-order valence-electron chi connectivity index (χ2n) is 5.94. The lowest BCUT2D eigenvalue weighted by Gasteiger charge is -2.23. The van der Waals surface area contributed by atoms with Gasteiger partial charge in [-0.3, -0.25) is 4.79 Å². The van der Waals surface area contributed by atoms with Crippen molar-refractivity contribution in [1.82, 2.24) is 5.32 Å². The van der Waals surface area contributed by atoms with Crippen molar-refractivity contribution in [3.05, 3.63) is 29.3 Å². The summed E-state index contributed by atoms with van der Waals surface area (Å²) in [7, 11) is 0. The molecule has 1 unspecified atom stereocenters. The fraction of sp³-hybridized carbons (Fsp3) is 0.588. The summed E-state index contributed by atoms with van der Waals surface area (Å²) < 4.78 is 5.37. The quantitative estimate of drug-likeness (QED) is 0.892. The van der Waals surface area contributed by atoms with Crippen LogP contribution in [0.15, 0.2) is 18.2 Å². The molecule has 4 nitrogen and oxygen atoms in total. The molecular formula is C17H24N2O2. The summed E-state index contributed by atoms with van der Waals surface area (Å²) in [6.45, 7) is 3.13. The van der Waals surface area contributed by atoms with Crippen LogP contribution >= 0.6 is 0 Å². The molecule has 0 radical (unpaired) electrons. The van der Waals surface area contributed by atoms with Crippen LogP contribution < -0.4 is 10.6 Å². The second kappa shape index (κ2) is 6.94. The van der Waals surface area contributed by atoms with E-state index in [4.69, 9.17) is 4.74 Å². The number of benzene rings is 1. The monoisotopic (exact) mass is 288 g/mol. The molecule has 1 saturated heterocycles. The highest BCUT2D eigenvalue weighted by Gasteiger charge is 2.21. The lowest BCUT2D eigenvalue weighted by Crippen LogP contribution is -2.36. The van der Waals surface area contributed by atoms with E-state index in [1.54, 1.807) is 0 Å². The molecule has 0 spiro atoms. The van der Waals surface area contributed by atoms with Gasteiger partial charge in [0.2, 0.25) is 5.91 Å². The van der Waals surface area contributed by atoms with Crippen LogP contribution in [0.3, 0.4) is 0 Å². The van der Waals surface area contributed by atoms with E-state index in [1.165, 1.54) is 23.2 Å². The zero-order valence-electron chi connectivity index (χ0n) is 12.5. The summed E-state index contributed by atoms with van der Waals surface area (Å²) in [5.41, 5.74) is 4.01. The zero-order valence-corrected chi connectivity index (χ0v) is 12.5. The van der Waals surface area contributed by atoms with E-state index in [0.717, 1.165) is 38.8 Å². The van der Waals surface area contributed by atoms with Gasteiger partial charge < -0.3 is 15.4 Å². The molecule has 3 rings (SSSR count). The predicted octanol–water partition coefficient (Wildman–Crippen LogP) is 2.13. The minimum atomic E-state index is 0.0431. The maximum Gasteiger partial charge on any atom is 0.225 e. The highest BCUT2D eigenvalue weighted by atomic mass is 16.5. The zero-order chi connectivity index (χ0) is 14.5. The topological polar surface area (TPSA) is 50.4 Å². The fourth-order valence-electron chi connectivity index (χ4n) is 3.20. The van der Waals surface area contributed by atoms with Crippen molar-refractivity contribution >= 4 is 11.6 Å². The molecule has 2 aliphatic heterocycles. The Balaban J connectivity index is 1.52. The van der Waals surface area contributed by atoms with Crippen molar-refractivity contribution in [3.8, 4) is 0 Å². The van der Waals surface area contributed by atoms with Gasteiger partial charge in [0, 0.05) is 25.4 Å². The molecule has 2 aliphatic rings. The summed E-state index contributed by atoms with van der Waals surface area (Å²) in [6, 6.07) is 6.48. The molecule has 1 amide bonds. The van der Waals surface area contributed by atoms with Crippen LogP contribution in [0.2, 0.25) is 0 Å². The van der Waals surface area contributed by atoms with Crippen LogP contribution in [0.4, 0.5) is 5.69 Å². The minimum absolute atomic E-state index is 0.0431. The Morgan fingerprint density at radius 3 is 3.19 bits per heavy atom. The highest BCUT2D eigenvalue weighted by Crippen LogP contribution is 2.26. The van der Waals surface area contributed by atoms with Crippen molar-refractivity contribution in [2.75, 3.05) is 31.6 Å². The molecule has 4 heteroatoms. The van der Waals surface area contributed by atoms with E-state index >= 15 is 0 Å². The minimum Gasteiger partial charge on any atom is -0.385 e. The number of ether oxygens (including phenoxy) is 1. The van der Waals surface area contributed by atoms with Gasteiger partial charge in [0.15, 0.2) is 0 Å². The second-order valence-corrected chi connectivity index (χ2v) is 5.94. The smallest absolute Gasteiger partial charge is 0.225 e. The van der Waals surface area contributed by atoms with E-state index < -0.39 is 0 Å². The number of aryl methyl sites for hydroxylation is 1. The molecule has 1 aromatic carbocycles. The number of anilines is 1. The standard InChI is InChI=1S/C17H24N2O2/c20-17(15-7-3-11-21-12-15)19-10-8-14-5-1-4-13-6-2-9-18-16(13)14/h1,4-5,15,18H,2-3,6-12H2,(H,19,20). The van der Waals surface area contributed by atoms with Crippen LogP contribution in [0.25, 0.3) is 0 Å². The maximum absolute atomic E-state index is 12.1. The third-order valence-electron chi connectivity index (χ3n) is 4.39. The molecule has 0 saturated carbocycles. The number of hydrogen-bond donors (Lipinski definition) is 2. The molecule has 2 N–H and O–H groups in total. The van der Waals surface area contributed by atoms with Gasteiger partial charge in [-0.25, -0.2) is 0 Å². The van der Waals surface area contributed by atoms with Crippen molar-refractivity contribution in [1.29, 1.82) is 0 Å². The van der Waals surface area contributed by atoms with Crippen molar-refractivity contribution < 1.29 is 9.53 Å². The average molecular weight is 288 g/mol. The number of nitrogens with one attached hydrogen (secondary N) is 2. The van der Waals surface area contributed by atoms with Crippen molar-refractivity contribution in [2.45, 2.75) is 32.1 Å². The molecule has 0 bridgehead atoms. The molecular weight excluding hydrogens is 264 g/mol. The highest BCUT2D eigenvalue weighted by molar-refractivity contribution is 5.78. The third kappa shape index (κ3) is 3.56. The van der Waals surface area contributed by atoms with Gasteiger partial charge in [-0.1, -0.05) is 18.2 Å². The molecule has 1 aromatic rings. The Kier molecular flexibility index (Phi) is 4.76. The van der Waals surface area contributed by atoms with Crippen LogP contribution in [0, 0.1) is 5.92 Å². The lowest BCUT2D eigenvalue weighted by atomic mass is 9.97. The van der Waals surface area contributed by atoms with Gasteiger partial charge in [0.25, 0.3) is 0 Å². The summed E-state index contributed by atoms with van der Waals surface area (Å²) in [6.07, 6.45) is 5.19. The summed E-state index contributed by atoms with van der Waals surface area (Å²) in [4.78, 5) is 12.1. The van der Waals surface area contributed by atoms with E-state index in [9.17, 15) is 4.79 Å². The SMILES string of the molecule is O=C(NCCc1cccc2c1NCCC2)C1CCCOC1. The van der Waals surface area contributed by atoms with E-state index in [2.05, 4.69) is 28.8 Å². The molecule has 0 aromatic heterocycles. The van der Waals surface area contributed by atoms with Crippen LogP contribution in [-0.2, 0) is 22.4 Å². The van der Waals surface area contributed by atoms with Crippen LogP contribution in [-0.4, -0.2) is 32.2 Å². The first-order valence-electron chi connectivity index (χ1n) is 8.04. The average Bonchev–Trinajstić information content (AvgIpc) is 2.56. The Hall–Kier alpha value is -1.55. The molecule has 1 atom stereocenters. The van der Waals surface area contributed by atoms with Crippen molar-refractivity contribution in [3.63, 3.8) is 0 Å². The fourth-order valence-corrected chi connectivity index (χ4v) is 3.20. The Labute approximate surface area is 126 Å². The van der Waals surface area contributed by atoms with Gasteiger partial charge in [0.05, 0.1) is 12.5 Å². The number of rotatable bonds is 4. The number of carbonyl (C=O) groups is 1. The third-order valence-corrected chi connectivity index (χ3v) is 4.39. The molecule has 114 valence electrons. The first kappa shape index (κ1) is 14.4. The van der Waals surface area contributed by atoms with E-state index in [1.807, 2.05) is 0 Å².